The molecule has 1 atom stereocenters. The summed E-state index contributed by atoms with van der Waals surface area (Å²) in [6, 6.07) is 8.57. The molecule has 1 saturated heterocycles. The van der Waals surface area contributed by atoms with E-state index in [9.17, 15) is 0 Å². The number of aromatic nitrogens is 1. The lowest BCUT2D eigenvalue weighted by Gasteiger charge is -2.22. The number of hydrogen-bond acceptors (Lipinski definition) is 5. The number of rotatable bonds is 7. The number of anilines is 1. The van der Waals surface area contributed by atoms with Crippen LogP contribution in [-0.4, -0.2) is 50.8 Å². The first-order valence-corrected chi connectivity index (χ1v) is 10.8. The molecule has 28 heavy (non-hydrogen) atoms. The van der Waals surface area contributed by atoms with Crippen LogP contribution in [0.25, 0.3) is 0 Å². The molecule has 0 radical (unpaired) electrons. The Morgan fingerprint density at radius 2 is 2.21 bits per heavy atom. The Labute approximate surface area is 172 Å². The summed E-state index contributed by atoms with van der Waals surface area (Å²) in [5, 5.41) is 8.18. The summed E-state index contributed by atoms with van der Waals surface area (Å²) >= 11 is 1.80. The molecular weight excluding hydrogens is 370 g/mol. The Balaban J connectivity index is 1.48. The molecule has 152 valence electrons. The predicted octanol–water partition coefficient (Wildman–Crippen LogP) is 3.01. The Morgan fingerprint density at radius 1 is 1.39 bits per heavy atom. The Bertz CT molecular complexity index is 804. The van der Waals surface area contributed by atoms with Crippen LogP contribution in [-0.2, 0) is 12.8 Å². The lowest BCUT2D eigenvalue weighted by Crippen LogP contribution is -2.45. The highest BCUT2D eigenvalue weighted by molar-refractivity contribution is 7.11. The summed E-state index contributed by atoms with van der Waals surface area (Å²) in [7, 11) is 3.55. The van der Waals surface area contributed by atoms with Crippen LogP contribution in [0.1, 0.15) is 28.9 Å². The van der Waals surface area contributed by atoms with Crippen LogP contribution in [0.4, 0.5) is 5.69 Å². The van der Waals surface area contributed by atoms with Gasteiger partial charge < -0.3 is 20.3 Å². The summed E-state index contributed by atoms with van der Waals surface area (Å²) < 4.78 is 5.51. The minimum absolute atomic E-state index is 0.366. The van der Waals surface area contributed by atoms with E-state index < -0.39 is 0 Å². The van der Waals surface area contributed by atoms with Gasteiger partial charge in [0.2, 0.25) is 0 Å². The van der Waals surface area contributed by atoms with Gasteiger partial charge in [0.1, 0.15) is 5.75 Å². The summed E-state index contributed by atoms with van der Waals surface area (Å²) in [4.78, 5) is 12.8. The monoisotopic (exact) mass is 401 g/mol. The topological polar surface area (TPSA) is 61.8 Å². The Hall–Kier alpha value is -2.28. The zero-order chi connectivity index (χ0) is 19.9. The van der Waals surface area contributed by atoms with Crippen LogP contribution in [0, 0.1) is 6.92 Å². The van der Waals surface area contributed by atoms with E-state index in [0.717, 1.165) is 56.3 Å². The number of aliphatic imine (C=N–C) groups is 1. The maximum Gasteiger partial charge on any atom is 0.191 e. The Kier molecular flexibility index (Phi) is 7.14. The summed E-state index contributed by atoms with van der Waals surface area (Å²) in [6.45, 7) is 7.09. The second-order valence-corrected chi connectivity index (χ2v) is 8.25. The van der Waals surface area contributed by atoms with Gasteiger partial charge in [-0.15, -0.1) is 11.3 Å². The number of nitrogens with one attached hydrogen (secondary N) is 2. The van der Waals surface area contributed by atoms with E-state index in [1.54, 1.807) is 18.4 Å². The van der Waals surface area contributed by atoms with Gasteiger partial charge in [0.15, 0.2) is 5.96 Å². The SMILES string of the molecule is CCc1nc(CCNC(=NC)NC2CCN(c3ccccc3OC)C2)sc1C. The molecule has 2 heterocycles. The van der Waals surface area contributed by atoms with E-state index in [-0.39, 0.29) is 0 Å². The summed E-state index contributed by atoms with van der Waals surface area (Å²) in [6.07, 6.45) is 3.00. The minimum atomic E-state index is 0.366. The molecule has 1 aliphatic heterocycles. The third-order valence-corrected chi connectivity index (χ3v) is 6.15. The average molecular weight is 402 g/mol. The first-order valence-electron chi connectivity index (χ1n) is 9.95. The van der Waals surface area contributed by atoms with E-state index in [2.05, 4.69) is 46.5 Å². The molecule has 1 aliphatic rings. The number of guanidine groups is 1. The number of aryl methyl sites for hydroxylation is 2. The fourth-order valence-electron chi connectivity index (χ4n) is 3.59. The van der Waals surface area contributed by atoms with Gasteiger partial charge in [-0.05, 0) is 31.9 Å². The standard InChI is InChI=1S/C21H31N5OS/c1-5-17-15(2)28-20(25-17)10-12-23-21(22-3)24-16-11-13-26(14-16)18-8-6-7-9-19(18)27-4/h6-9,16H,5,10-14H2,1-4H3,(H2,22,23,24). The van der Waals surface area contributed by atoms with E-state index in [0.29, 0.717) is 6.04 Å². The molecule has 0 saturated carbocycles. The number of para-hydroxylation sites is 2. The number of methoxy groups -OCH3 is 1. The van der Waals surface area contributed by atoms with Crippen LogP contribution < -0.4 is 20.3 Å². The van der Waals surface area contributed by atoms with Crippen molar-refractivity contribution in [3.8, 4) is 5.75 Å². The van der Waals surface area contributed by atoms with Gasteiger partial charge in [-0.3, -0.25) is 4.99 Å². The molecule has 1 unspecified atom stereocenters. The van der Waals surface area contributed by atoms with Crippen LogP contribution in [0.5, 0.6) is 5.75 Å². The van der Waals surface area contributed by atoms with Crippen LogP contribution >= 0.6 is 11.3 Å². The maximum absolute atomic E-state index is 5.51. The van der Waals surface area contributed by atoms with Crippen molar-refractivity contribution >= 4 is 23.0 Å². The summed E-state index contributed by atoms with van der Waals surface area (Å²) in [5.74, 6) is 1.78. The molecule has 0 spiro atoms. The zero-order valence-corrected chi connectivity index (χ0v) is 18.1. The third kappa shape index (κ3) is 4.95. The second-order valence-electron chi connectivity index (χ2n) is 6.96. The van der Waals surface area contributed by atoms with E-state index in [1.807, 2.05) is 19.2 Å². The van der Waals surface area contributed by atoms with Gasteiger partial charge in [-0.25, -0.2) is 4.98 Å². The van der Waals surface area contributed by atoms with Gasteiger partial charge >= 0.3 is 0 Å². The molecule has 2 N–H and O–H groups in total. The largest absolute Gasteiger partial charge is 0.495 e. The van der Waals surface area contributed by atoms with Crippen molar-refractivity contribution in [2.24, 2.45) is 4.99 Å². The van der Waals surface area contributed by atoms with Crippen LogP contribution in [0.2, 0.25) is 0 Å². The smallest absolute Gasteiger partial charge is 0.191 e. The van der Waals surface area contributed by atoms with Gasteiger partial charge in [-0.2, -0.15) is 0 Å². The first kappa shape index (κ1) is 20.5. The number of benzene rings is 1. The fraction of sp³-hybridized carbons (Fsp3) is 0.524. The molecule has 0 bridgehead atoms. The molecule has 7 heteroatoms. The van der Waals surface area contributed by atoms with E-state index in [4.69, 9.17) is 9.72 Å². The average Bonchev–Trinajstić information content (AvgIpc) is 3.33. The number of nitrogens with zero attached hydrogens (tertiary/aromatic N) is 3. The van der Waals surface area contributed by atoms with Crippen molar-refractivity contribution in [2.45, 2.75) is 39.2 Å². The van der Waals surface area contributed by atoms with Crippen molar-refractivity contribution < 1.29 is 4.74 Å². The highest BCUT2D eigenvalue weighted by Crippen LogP contribution is 2.30. The summed E-state index contributed by atoms with van der Waals surface area (Å²) in [5.41, 5.74) is 2.38. The van der Waals surface area contributed by atoms with Crippen molar-refractivity contribution in [3.05, 3.63) is 39.8 Å². The van der Waals surface area contributed by atoms with Crippen molar-refractivity contribution in [1.29, 1.82) is 0 Å². The van der Waals surface area contributed by atoms with Crippen LogP contribution in [0.15, 0.2) is 29.3 Å². The molecule has 3 rings (SSSR count). The minimum Gasteiger partial charge on any atom is -0.495 e. The normalized spacial score (nSPS) is 17.1. The highest BCUT2D eigenvalue weighted by atomic mass is 32.1. The van der Waals surface area contributed by atoms with Gasteiger partial charge in [-0.1, -0.05) is 19.1 Å². The lowest BCUT2D eigenvalue weighted by molar-refractivity contribution is 0.415. The second kappa shape index (κ2) is 9.78. The molecule has 0 amide bonds. The van der Waals surface area contributed by atoms with Gasteiger partial charge in [0.25, 0.3) is 0 Å². The van der Waals surface area contributed by atoms with E-state index >= 15 is 0 Å². The Morgan fingerprint density at radius 3 is 2.93 bits per heavy atom. The molecular formula is C21H31N5OS. The number of hydrogen-bond donors (Lipinski definition) is 2. The van der Waals surface area contributed by atoms with Crippen molar-refractivity contribution in [2.75, 3.05) is 38.7 Å². The maximum atomic E-state index is 5.51. The lowest BCUT2D eigenvalue weighted by atomic mass is 10.2. The number of ether oxygens (including phenoxy) is 1. The molecule has 0 aliphatic carbocycles. The van der Waals surface area contributed by atoms with Crippen molar-refractivity contribution in [1.82, 2.24) is 15.6 Å². The van der Waals surface area contributed by atoms with Gasteiger partial charge in [0.05, 0.1) is 23.5 Å². The molecule has 1 aromatic carbocycles. The molecule has 6 nitrogen and oxygen atoms in total. The number of thiazole rings is 1. The fourth-order valence-corrected chi connectivity index (χ4v) is 4.61. The molecule has 2 aromatic rings. The zero-order valence-electron chi connectivity index (χ0n) is 17.3. The van der Waals surface area contributed by atoms with Crippen molar-refractivity contribution in [3.63, 3.8) is 0 Å². The first-order chi connectivity index (χ1) is 13.6. The predicted molar refractivity (Wildman–Crippen MR) is 118 cm³/mol. The van der Waals surface area contributed by atoms with E-state index in [1.165, 1.54) is 15.6 Å². The quantitative estimate of drug-likeness (QED) is 0.552. The van der Waals surface area contributed by atoms with Gasteiger partial charge in [0, 0.05) is 44.0 Å². The van der Waals surface area contributed by atoms with Crippen LogP contribution in [0.3, 0.4) is 0 Å². The third-order valence-electron chi connectivity index (χ3n) is 5.08. The highest BCUT2D eigenvalue weighted by Gasteiger charge is 2.25. The molecule has 1 aromatic heterocycles. The molecule has 1 fully saturated rings.